The molecule has 0 aliphatic heterocycles. The summed E-state index contributed by atoms with van der Waals surface area (Å²) in [6, 6.07) is 0. The largest absolute Gasteiger partial charge is 0.359 e. The highest BCUT2D eigenvalue weighted by atomic mass is 15.2. The SMILES string of the molecule is CNCCCN(C)c1ncnc2c1CCCC2. The second-order valence-corrected chi connectivity index (χ2v) is 4.71. The minimum atomic E-state index is 1.05. The highest BCUT2D eigenvalue weighted by Crippen LogP contribution is 2.26. The molecular weight excluding hydrogens is 212 g/mol. The Bertz CT molecular complexity index is 364. The second-order valence-electron chi connectivity index (χ2n) is 4.71. The first-order chi connectivity index (χ1) is 8.33. The average molecular weight is 234 g/mol. The number of aryl methyl sites for hydroxylation is 1. The minimum Gasteiger partial charge on any atom is -0.359 e. The van der Waals surface area contributed by atoms with Gasteiger partial charge in [-0.3, -0.25) is 0 Å². The molecule has 0 radical (unpaired) electrons. The van der Waals surface area contributed by atoms with E-state index in [0.717, 1.165) is 38.2 Å². The number of hydrogen-bond donors (Lipinski definition) is 1. The Morgan fingerprint density at radius 3 is 2.94 bits per heavy atom. The van der Waals surface area contributed by atoms with Crippen molar-refractivity contribution in [1.29, 1.82) is 0 Å². The summed E-state index contributed by atoms with van der Waals surface area (Å²) < 4.78 is 0. The van der Waals surface area contributed by atoms with Crippen LogP contribution in [0.3, 0.4) is 0 Å². The number of rotatable bonds is 5. The molecule has 0 unspecified atom stereocenters. The molecule has 17 heavy (non-hydrogen) atoms. The van der Waals surface area contributed by atoms with Crippen LogP contribution < -0.4 is 10.2 Å². The van der Waals surface area contributed by atoms with Crippen LogP contribution in [-0.4, -0.2) is 37.2 Å². The number of hydrogen-bond acceptors (Lipinski definition) is 4. The Hall–Kier alpha value is -1.16. The molecule has 94 valence electrons. The molecule has 0 spiro atoms. The van der Waals surface area contributed by atoms with Crippen molar-refractivity contribution in [2.45, 2.75) is 32.1 Å². The van der Waals surface area contributed by atoms with Gasteiger partial charge >= 0.3 is 0 Å². The van der Waals surface area contributed by atoms with Gasteiger partial charge in [-0.2, -0.15) is 0 Å². The molecule has 0 saturated carbocycles. The van der Waals surface area contributed by atoms with Gasteiger partial charge in [-0.05, 0) is 45.7 Å². The van der Waals surface area contributed by atoms with E-state index in [1.165, 1.54) is 24.1 Å². The first-order valence-electron chi connectivity index (χ1n) is 6.51. The zero-order valence-electron chi connectivity index (χ0n) is 10.9. The Kier molecular flexibility index (Phi) is 4.31. The highest BCUT2D eigenvalue weighted by Gasteiger charge is 2.17. The van der Waals surface area contributed by atoms with E-state index in [1.54, 1.807) is 6.33 Å². The predicted molar refractivity (Wildman–Crippen MR) is 70.5 cm³/mol. The lowest BCUT2D eigenvalue weighted by atomic mass is 9.96. The lowest BCUT2D eigenvalue weighted by Crippen LogP contribution is -2.25. The average Bonchev–Trinajstić information content (AvgIpc) is 2.38. The van der Waals surface area contributed by atoms with Crippen molar-refractivity contribution in [1.82, 2.24) is 15.3 Å². The quantitative estimate of drug-likeness (QED) is 0.782. The third-order valence-corrected chi connectivity index (χ3v) is 3.38. The van der Waals surface area contributed by atoms with Gasteiger partial charge in [0.25, 0.3) is 0 Å². The van der Waals surface area contributed by atoms with Gasteiger partial charge < -0.3 is 10.2 Å². The van der Waals surface area contributed by atoms with Crippen LogP contribution in [0, 0.1) is 0 Å². The third kappa shape index (κ3) is 2.94. The summed E-state index contributed by atoms with van der Waals surface area (Å²) in [4.78, 5) is 11.1. The van der Waals surface area contributed by atoms with Crippen LogP contribution in [0.4, 0.5) is 5.82 Å². The first-order valence-corrected chi connectivity index (χ1v) is 6.51. The second kappa shape index (κ2) is 5.96. The van der Waals surface area contributed by atoms with Gasteiger partial charge in [-0.15, -0.1) is 0 Å². The van der Waals surface area contributed by atoms with E-state index in [9.17, 15) is 0 Å². The summed E-state index contributed by atoms with van der Waals surface area (Å²) in [6.07, 6.45) is 7.67. The monoisotopic (exact) mass is 234 g/mol. The zero-order valence-corrected chi connectivity index (χ0v) is 10.9. The topological polar surface area (TPSA) is 41.0 Å². The van der Waals surface area contributed by atoms with Crippen LogP contribution in [0.25, 0.3) is 0 Å². The third-order valence-electron chi connectivity index (χ3n) is 3.38. The normalized spacial score (nSPS) is 14.5. The van der Waals surface area contributed by atoms with Gasteiger partial charge in [0.1, 0.15) is 12.1 Å². The van der Waals surface area contributed by atoms with Crippen LogP contribution in [0.15, 0.2) is 6.33 Å². The smallest absolute Gasteiger partial charge is 0.135 e. The maximum absolute atomic E-state index is 4.47. The summed E-state index contributed by atoms with van der Waals surface area (Å²) in [5, 5.41) is 3.18. The molecule has 1 N–H and O–H groups in total. The van der Waals surface area contributed by atoms with Gasteiger partial charge in [0.15, 0.2) is 0 Å². The molecule has 2 rings (SSSR count). The molecule has 0 aromatic carbocycles. The van der Waals surface area contributed by atoms with Gasteiger partial charge in [-0.25, -0.2) is 9.97 Å². The van der Waals surface area contributed by atoms with Crippen molar-refractivity contribution in [3.8, 4) is 0 Å². The van der Waals surface area contributed by atoms with Gasteiger partial charge in [-0.1, -0.05) is 0 Å². The van der Waals surface area contributed by atoms with E-state index in [2.05, 4.69) is 27.2 Å². The van der Waals surface area contributed by atoms with E-state index in [0.29, 0.717) is 0 Å². The molecule has 1 heterocycles. The van der Waals surface area contributed by atoms with Crippen molar-refractivity contribution in [2.24, 2.45) is 0 Å². The molecule has 0 fully saturated rings. The summed E-state index contributed by atoms with van der Waals surface area (Å²) in [5.41, 5.74) is 2.65. The molecule has 4 nitrogen and oxygen atoms in total. The predicted octanol–water partition coefficient (Wildman–Crippen LogP) is 1.40. The molecule has 1 aromatic heterocycles. The Morgan fingerprint density at radius 2 is 2.12 bits per heavy atom. The Balaban J connectivity index is 2.09. The highest BCUT2D eigenvalue weighted by molar-refractivity contribution is 5.48. The molecule has 1 aliphatic rings. The lowest BCUT2D eigenvalue weighted by molar-refractivity contribution is 0.652. The molecule has 0 saturated heterocycles. The van der Waals surface area contributed by atoms with Crippen molar-refractivity contribution >= 4 is 5.82 Å². The molecule has 1 aliphatic carbocycles. The maximum atomic E-state index is 4.47. The number of aromatic nitrogens is 2. The van der Waals surface area contributed by atoms with Crippen LogP contribution in [-0.2, 0) is 12.8 Å². The summed E-state index contributed by atoms with van der Waals surface area (Å²) in [5.74, 6) is 1.14. The number of fused-ring (bicyclic) bond motifs is 1. The van der Waals surface area contributed by atoms with Crippen LogP contribution in [0.5, 0.6) is 0 Å². The summed E-state index contributed by atoms with van der Waals surface area (Å²) in [7, 11) is 4.12. The first kappa shape index (κ1) is 12.3. The van der Waals surface area contributed by atoms with E-state index in [1.807, 2.05) is 7.05 Å². The van der Waals surface area contributed by atoms with Crippen LogP contribution in [0.2, 0.25) is 0 Å². The zero-order chi connectivity index (χ0) is 12.1. The molecule has 0 atom stereocenters. The van der Waals surface area contributed by atoms with Gasteiger partial charge in [0.05, 0.1) is 0 Å². The van der Waals surface area contributed by atoms with E-state index >= 15 is 0 Å². The molecule has 0 bridgehead atoms. The molecule has 1 aromatic rings. The standard InChI is InChI=1S/C13H22N4/c1-14-8-5-9-17(2)13-11-6-3-4-7-12(11)15-10-16-13/h10,14H,3-9H2,1-2H3. The summed E-state index contributed by atoms with van der Waals surface area (Å²) >= 11 is 0. The van der Waals surface area contributed by atoms with E-state index in [-0.39, 0.29) is 0 Å². The van der Waals surface area contributed by atoms with E-state index in [4.69, 9.17) is 0 Å². The fourth-order valence-electron chi connectivity index (χ4n) is 2.43. The number of nitrogens with one attached hydrogen (secondary N) is 1. The number of anilines is 1. The van der Waals surface area contributed by atoms with Gasteiger partial charge in [0.2, 0.25) is 0 Å². The van der Waals surface area contributed by atoms with Crippen molar-refractivity contribution < 1.29 is 0 Å². The fraction of sp³-hybridized carbons (Fsp3) is 0.692. The Labute approximate surface area is 103 Å². The van der Waals surface area contributed by atoms with E-state index < -0.39 is 0 Å². The molecule has 4 heteroatoms. The molecule has 0 amide bonds. The van der Waals surface area contributed by atoms with Crippen LogP contribution in [0.1, 0.15) is 30.5 Å². The molecular formula is C13H22N4. The fourth-order valence-corrected chi connectivity index (χ4v) is 2.43. The van der Waals surface area contributed by atoms with Gasteiger partial charge in [0, 0.05) is 24.8 Å². The van der Waals surface area contributed by atoms with Crippen molar-refractivity contribution in [2.75, 3.05) is 32.1 Å². The van der Waals surface area contributed by atoms with Crippen LogP contribution >= 0.6 is 0 Å². The van der Waals surface area contributed by atoms with Crippen molar-refractivity contribution in [3.05, 3.63) is 17.6 Å². The lowest BCUT2D eigenvalue weighted by Gasteiger charge is -2.24. The minimum absolute atomic E-state index is 1.05. The Morgan fingerprint density at radius 1 is 1.29 bits per heavy atom. The number of nitrogens with zero attached hydrogens (tertiary/aromatic N) is 3. The van der Waals surface area contributed by atoms with Crippen molar-refractivity contribution in [3.63, 3.8) is 0 Å². The maximum Gasteiger partial charge on any atom is 0.135 e. The summed E-state index contributed by atoms with van der Waals surface area (Å²) in [6.45, 7) is 2.10.